The first-order valence-electron chi connectivity index (χ1n) is 11.8. The molecule has 1 N–H and O–H groups in total. The Morgan fingerprint density at radius 1 is 1.09 bits per heavy atom. The van der Waals surface area contributed by atoms with Gasteiger partial charge in [0.2, 0.25) is 0 Å². The average Bonchev–Trinajstić information content (AvgIpc) is 2.83. The molecule has 0 aromatic carbocycles. The van der Waals surface area contributed by atoms with E-state index < -0.39 is 0 Å². The highest BCUT2D eigenvalue weighted by atomic mass is 16.2. The fourth-order valence-corrected chi connectivity index (χ4v) is 4.31. The standard InChI is InChI=1S/C25H35N5O2/c1-5-30(6-2)25(32)20-16-27-23(17(3)4)29-22(20)19-12-10-18(11-13-19)15-28-24(31)21-9-7-8-14-26-21/h7-9,14,16-19H,5-6,10-13,15H2,1-4H3,(H,28,31). The van der Waals surface area contributed by atoms with Crippen molar-refractivity contribution in [3.8, 4) is 0 Å². The lowest BCUT2D eigenvalue weighted by molar-refractivity contribution is 0.0769. The number of aromatic nitrogens is 3. The summed E-state index contributed by atoms with van der Waals surface area (Å²) >= 11 is 0. The molecule has 7 nitrogen and oxygen atoms in total. The van der Waals surface area contributed by atoms with Gasteiger partial charge in [0.1, 0.15) is 11.5 Å². The van der Waals surface area contributed by atoms with E-state index in [0.717, 1.165) is 37.2 Å². The van der Waals surface area contributed by atoms with Crippen LogP contribution in [0.4, 0.5) is 0 Å². The van der Waals surface area contributed by atoms with Crippen LogP contribution >= 0.6 is 0 Å². The van der Waals surface area contributed by atoms with Gasteiger partial charge in [0.25, 0.3) is 11.8 Å². The van der Waals surface area contributed by atoms with Crippen LogP contribution in [0.25, 0.3) is 0 Å². The number of carbonyl (C=O) groups excluding carboxylic acids is 2. The normalized spacial score (nSPS) is 18.4. The lowest BCUT2D eigenvalue weighted by Crippen LogP contribution is -2.33. The highest BCUT2D eigenvalue weighted by Crippen LogP contribution is 2.36. The van der Waals surface area contributed by atoms with Crippen LogP contribution in [0.3, 0.4) is 0 Å². The van der Waals surface area contributed by atoms with E-state index in [0.29, 0.717) is 36.8 Å². The molecule has 0 aliphatic heterocycles. The summed E-state index contributed by atoms with van der Waals surface area (Å²) in [4.78, 5) is 40.7. The molecule has 2 amide bonds. The molecule has 32 heavy (non-hydrogen) atoms. The highest BCUT2D eigenvalue weighted by molar-refractivity contribution is 5.95. The van der Waals surface area contributed by atoms with Crippen LogP contribution in [0.1, 0.15) is 97.6 Å². The molecule has 0 radical (unpaired) electrons. The van der Waals surface area contributed by atoms with Crippen LogP contribution in [-0.2, 0) is 0 Å². The molecule has 1 aliphatic rings. The van der Waals surface area contributed by atoms with Gasteiger partial charge in [-0.15, -0.1) is 0 Å². The number of hydrogen-bond acceptors (Lipinski definition) is 5. The molecule has 2 aromatic heterocycles. The van der Waals surface area contributed by atoms with Crippen molar-refractivity contribution in [3.63, 3.8) is 0 Å². The van der Waals surface area contributed by atoms with E-state index in [4.69, 9.17) is 4.98 Å². The molecule has 0 unspecified atom stereocenters. The smallest absolute Gasteiger partial charge is 0.269 e. The van der Waals surface area contributed by atoms with E-state index in [1.807, 2.05) is 24.8 Å². The molecule has 0 bridgehead atoms. The van der Waals surface area contributed by atoms with Gasteiger partial charge >= 0.3 is 0 Å². The van der Waals surface area contributed by atoms with E-state index >= 15 is 0 Å². The Bertz CT molecular complexity index is 904. The molecular weight excluding hydrogens is 402 g/mol. The van der Waals surface area contributed by atoms with Gasteiger partial charge in [-0.1, -0.05) is 19.9 Å². The quantitative estimate of drug-likeness (QED) is 0.669. The topological polar surface area (TPSA) is 88.1 Å². The van der Waals surface area contributed by atoms with E-state index in [1.165, 1.54) is 0 Å². The predicted molar refractivity (Wildman–Crippen MR) is 125 cm³/mol. The molecule has 7 heteroatoms. The number of amides is 2. The predicted octanol–water partition coefficient (Wildman–Crippen LogP) is 4.18. The fraction of sp³-hybridized carbons (Fsp3) is 0.560. The molecule has 1 aliphatic carbocycles. The Kier molecular flexibility index (Phi) is 8.31. The van der Waals surface area contributed by atoms with Gasteiger partial charge in [-0.05, 0) is 57.6 Å². The first-order valence-corrected chi connectivity index (χ1v) is 11.8. The molecule has 1 saturated carbocycles. The summed E-state index contributed by atoms with van der Waals surface area (Å²) < 4.78 is 0. The molecule has 3 rings (SSSR count). The third-order valence-corrected chi connectivity index (χ3v) is 6.32. The summed E-state index contributed by atoms with van der Waals surface area (Å²) in [7, 11) is 0. The molecule has 1 fully saturated rings. The molecule has 2 aromatic rings. The summed E-state index contributed by atoms with van der Waals surface area (Å²) in [6.07, 6.45) is 7.26. The number of nitrogens with zero attached hydrogens (tertiary/aromatic N) is 4. The number of hydrogen-bond donors (Lipinski definition) is 1. The van der Waals surface area contributed by atoms with Crippen molar-refractivity contribution in [2.24, 2.45) is 5.92 Å². The lowest BCUT2D eigenvalue weighted by Gasteiger charge is -2.30. The maximum Gasteiger partial charge on any atom is 0.269 e. The van der Waals surface area contributed by atoms with Crippen LogP contribution in [0, 0.1) is 5.92 Å². The van der Waals surface area contributed by atoms with Crippen molar-refractivity contribution < 1.29 is 9.59 Å². The summed E-state index contributed by atoms with van der Waals surface area (Å²) in [5.74, 6) is 1.56. The van der Waals surface area contributed by atoms with E-state index in [2.05, 4.69) is 29.1 Å². The molecule has 172 valence electrons. The summed E-state index contributed by atoms with van der Waals surface area (Å²) in [5.41, 5.74) is 1.99. The number of pyridine rings is 1. The van der Waals surface area contributed by atoms with Crippen molar-refractivity contribution in [2.75, 3.05) is 19.6 Å². The van der Waals surface area contributed by atoms with Crippen LogP contribution in [0.5, 0.6) is 0 Å². The minimum Gasteiger partial charge on any atom is -0.350 e. The van der Waals surface area contributed by atoms with Crippen LogP contribution < -0.4 is 5.32 Å². The maximum absolute atomic E-state index is 13.1. The zero-order chi connectivity index (χ0) is 23.1. The van der Waals surface area contributed by atoms with Crippen molar-refractivity contribution in [1.82, 2.24) is 25.2 Å². The van der Waals surface area contributed by atoms with Crippen LogP contribution in [0.2, 0.25) is 0 Å². The summed E-state index contributed by atoms with van der Waals surface area (Å²) in [6.45, 7) is 10.1. The van der Waals surface area contributed by atoms with Crippen molar-refractivity contribution in [2.45, 2.75) is 65.2 Å². The Morgan fingerprint density at radius 2 is 1.81 bits per heavy atom. The average molecular weight is 438 g/mol. The van der Waals surface area contributed by atoms with Gasteiger partial charge in [-0.25, -0.2) is 9.97 Å². The second-order valence-corrected chi connectivity index (χ2v) is 8.80. The molecule has 0 atom stereocenters. The van der Waals surface area contributed by atoms with Crippen molar-refractivity contribution in [3.05, 3.63) is 53.4 Å². The first kappa shape index (κ1) is 23.8. The Hall–Kier alpha value is -2.83. The minimum atomic E-state index is -0.128. The highest BCUT2D eigenvalue weighted by Gasteiger charge is 2.29. The van der Waals surface area contributed by atoms with Gasteiger partial charge in [-0.2, -0.15) is 0 Å². The number of rotatable bonds is 8. The Morgan fingerprint density at radius 3 is 2.41 bits per heavy atom. The second kappa shape index (κ2) is 11.2. The van der Waals surface area contributed by atoms with Crippen molar-refractivity contribution >= 4 is 11.8 Å². The number of carbonyl (C=O) groups is 2. The van der Waals surface area contributed by atoms with Gasteiger partial charge < -0.3 is 10.2 Å². The Labute approximate surface area is 191 Å². The zero-order valence-electron chi connectivity index (χ0n) is 19.7. The van der Waals surface area contributed by atoms with E-state index in [1.54, 1.807) is 24.5 Å². The maximum atomic E-state index is 13.1. The molecular formula is C25H35N5O2. The molecule has 0 spiro atoms. The van der Waals surface area contributed by atoms with Gasteiger partial charge in [0, 0.05) is 43.9 Å². The van der Waals surface area contributed by atoms with Crippen molar-refractivity contribution in [1.29, 1.82) is 0 Å². The monoisotopic (exact) mass is 437 g/mol. The number of nitrogens with one attached hydrogen (secondary N) is 1. The van der Waals surface area contributed by atoms with Gasteiger partial charge in [-0.3, -0.25) is 14.6 Å². The largest absolute Gasteiger partial charge is 0.350 e. The third kappa shape index (κ3) is 5.69. The molecule has 0 saturated heterocycles. The lowest BCUT2D eigenvalue weighted by atomic mass is 9.79. The summed E-state index contributed by atoms with van der Waals surface area (Å²) in [5, 5.41) is 3.02. The Balaban J connectivity index is 1.67. The molecule has 2 heterocycles. The first-order chi connectivity index (χ1) is 15.4. The van der Waals surface area contributed by atoms with Crippen LogP contribution in [0.15, 0.2) is 30.6 Å². The fourth-order valence-electron chi connectivity index (χ4n) is 4.31. The zero-order valence-corrected chi connectivity index (χ0v) is 19.7. The SMILES string of the molecule is CCN(CC)C(=O)c1cnc(C(C)C)nc1C1CCC(CNC(=O)c2ccccn2)CC1. The second-order valence-electron chi connectivity index (χ2n) is 8.80. The van der Waals surface area contributed by atoms with E-state index in [-0.39, 0.29) is 23.7 Å². The third-order valence-electron chi connectivity index (χ3n) is 6.32. The summed E-state index contributed by atoms with van der Waals surface area (Å²) in [6, 6.07) is 5.34. The minimum absolute atomic E-state index is 0.0186. The van der Waals surface area contributed by atoms with Gasteiger partial charge in [0.15, 0.2) is 0 Å². The van der Waals surface area contributed by atoms with E-state index in [9.17, 15) is 9.59 Å². The van der Waals surface area contributed by atoms with Gasteiger partial charge in [0.05, 0.1) is 11.3 Å². The van der Waals surface area contributed by atoms with Crippen LogP contribution in [-0.4, -0.2) is 51.3 Å².